The maximum Gasteiger partial charge on any atom is 0.312 e. The molecule has 2 N–H and O–H groups in total. The Balaban J connectivity index is 3.10. The van der Waals surface area contributed by atoms with Gasteiger partial charge in [0.05, 0.1) is 16.0 Å². The molecule has 0 aliphatic heterocycles. The maximum atomic E-state index is 13.2. The quantitative estimate of drug-likeness (QED) is 0.900. The van der Waals surface area contributed by atoms with Crippen LogP contribution in [0.5, 0.6) is 0 Å². The van der Waals surface area contributed by atoms with Crippen molar-refractivity contribution in [3.05, 3.63) is 34.1 Å². The van der Waals surface area contributed by atoms with Gasteiger partial charge in [-0.3, -0.25) is 4.79 Å². The molecular weight excluding hydrogens is 279 g/mol. The van der Waals surface area contributed by atoms with Gasteiger partial charge < -0.3 is 10.2 Å². The molecule has 1 aromatic rings. The summed E-state index contributed by atoms with van der Waals surface area (Å²) in [4.78, 5) is 10.9. The summed E-state index contributed by atoms with van der Waals surface area (Å²) in [7, 11) is 0. The van der Waals surface area contributed by atoms with Crippen molar-refractivity contribution in [2.24, 2.45) is 5.41 Å². The van der Waals surface area contributed by atoms with E-state index >= 15 is 0 Å². The molecule has 0 heterocycles. The first-order valence-electron chi connectivity index (χ1n) is 4.63. The Morgan fingerprint density at radius 3 is 2.50 bits per heavy atom. The molecule has 0 amide bonds. The molecule has 0 bridgehead atoms. The van der Waals surface area contributed by atoms with Gasteiger partial charge >= 0.3 is 5.97 Å². The van der Waals surface area contributed by atoms with Crippen LogP contribution in [0.1, 0.15) is 25.5 Å². The fourth-order valence-corrected chi connectivity index (χ4v) is 1.46. The number of hydrogen-bond acceptors (Lipinski definition) is 2. The van der Waals surface area contributed by atoms with Crippen molar-refractivity contribution in [1.29, 1.82) is 0 Å². The Bertz CT molecular complexity index is 418. The molecule has 3 nitrogen and oxygen atoms in total. The first kappa shape index (κ1) is 13.1. The molecule has 0 radical (unpaired) electrons. The van der Waals surface area contributed by atoms with Crippen molar-refractivity contribution in [1.82, 2.24) is 0 Å². The Kier molecular flexibility index (Phi) is 3.70. The highest BCUT2D eigenvalue weighted by molar-refractivity contribution is 9.10. The molecule has 0 aromatic heterocycles. The fraction of sp³-hybridized carbons (Fsp3) is 0.364. The van der Waals surface area contributed by atoms with Crippen molar-refractivity contribution in [3.8, 4) is 0 Å². The molecule has 0 fully saturated rings. The monoisotopic (exact) mass is 290 g/mol. The third kappa shape index (κ3) is 2.41. The SMILES string of the molecule is CC(C)(C(=O)O)C(O)c1ccc(Br)c(F)c1. The fourth-order valence-electron chi connectivity index (χ4n) is 1.22. The van der Waals surface area contributed by atoms with Crippen molar-refractivity contribution in [2.75, 3.05) is 0 Å². The van der Waals surface area contributed by atoms with Crippen molar-refractivity contribution >= 4 is 21.9 Å². The number of carboxylic acids is 1. The smallest absolute Gasteiger partial charge is 0.312 e. The van der Waals surface area contributed by atoms with Gasteiger partial charge in [-0.2, -0.15) is 0 Å². The minimum absolute atomic E-state index is 0.244. The summed E-state index contributed by atoms with van der Waals surface area (Å²) in [5.74, 6) is -1.67. The second kappa shape index (κ2) is 4.51. The highest BCUT2D eigenvalue weighted by Crippen LogP contribution is 2.34. The Morgan fingerprint density at radius 1 is 1.50 bits per heavy atom. The standard InChI is InChI=1S/C11H12BrFO3/c1-11(2,10(15)16)9(14)6-3-4-7(12)8(13)5-6/h3-5,9,14H,1-2H3,(H,15,16). The highest BCUT2D eigenvalue weighted by atomic mass is 79.9. The predicted octanol–water partition coefficient (Wildman–Crippen LogP) is 2.73. The van der Waals surface area contributed by atoms with Crippen LogP contribution in [-0.4, -0.2) is 16.2 Å². The number of aliphatic hydroxyl groups excluding tert-OH is 1. The molecule has 1 unspecified atom stereocenters. The van der Waals surface area contributed by atoms with Crippen molar-refractivity contribution in [2.45, 2.75) is 20.0 Å². The van der Waals surface area contributed by atoms with Crippen molar-refractivity contribution < 1.29 is 19.4 Å². The van der Waals surface area contributed by atoms with E-state index in [0.717, 1.165) is 6.07 Å². The van der Waals surface area contributed by atoms with Gasteiger partial charge in [0.1, 0.15) is 5.82 Å². The van der Waals surface area contributed by atoms with Crippen LogP contribution in [0.15, 0.2) is 22.7 Å². The van der Waals surface area contributed by atoms with Crippen LogP contribution in [0.3, 0.4) is 0 Å². The van der Waals surface area contributed by atoms with Crippen LogP contribution in [0, 0.1) is 11.2 Å². The van der Waals surface area contributed by atoms with E-state index in [1.807, 2.05) is 0 Å². The van der Waals surface area contributed by atoms with E-state index in [4.69, 9.17) is 5.11 Å². The average Bonchev–Trinajstić information content (AvgIpc) is 2.20. The zero-order valence-electron chi connectivity index (χ0n) is 8.87. The van der Waals surface area contributed by atoms with E-state index < -0.39 is 23.3 Å². The lowest BCUT2D eigenvalue weighted by Crippen LogP contribution is -2.31. The van der Waals surface area contributed by atoms with E-state index in [1.54, 1.807) is 0 Å². The van der Waals surface area contributed by atoms with E-state index in [2.05, 4.69) is 15.9 Å². The van der Waals surface area contributed by atoms with Gasteiger partial charge in [-0.05, 0) is 47.5 Å². The summed E-state index contributed by atoms with van der Waals surface area (Å²) in [5.41, 5.74) is -1.12. The summed E-state index contributed by atoms with van der Waals surface area (Å²) >= 11 is 2.98. The highest BCUT2D eigenvalue weighted by Gasteiger charge is 2.36. The lowest BCUT2D eigenvalue weighted by Gasteiger charge is -2.26. The molecule has 0 saturated carbocycles. The topological polar surface area (TPSA) is 57.5 Å². The summed E-state index contributed by atoms with van der Waals surface area (Å²) in [6, 6.07) is 4.05. The summed E-state index contributed by atoms with van der Waals surface area (Å²) in [6.07, 6.45) is -1.26. The molecule has 0 aliphatic rings. The normalized spacial score (nSPS) is 13.6. The van der Waals surface area contributed by atoms with Crippen LogP contribution >= 0.6 is 15.9 Å². The average molecular weight is 291 g/mol. The van der Waals surface area contributed by atoms with Crippen LogP contribution < -0.4 is 0 Å². The number of carboxylic acid groups (broad SMARTS) is 1. The minimum Gasteiger partial charge on any atom is -0.481 e. The summed E-state index contributed by atoms with van der Waals surface area (Å²) < 4.78 is 13.5. The van der Waals surface area contributed by atoms with Gasteiger partial charge in [-0.1, -0.05) is 6.07 Å². The molecular formula is C11H12BrFO3. The molecule has 88 valence electrons. The van der Waals surface area contributed by atoms with Crippen LogP contribution in [0.25, 0.3) is 0 Å². The summed E-state index contributed by atoms with van der Waals surface area (Å²) in [5, 5.41) is 18.8. The molecule has 1 atom stereocenters. The number of hydrogen-bond donors (Lipinski definition) is 2. The number of aliphatic carboxylic acids is 1. The van der Waals surface area contributed by atoms with Gasteiger partial charge in [0.15, 0.2) is 0 Å². The predicted molar refractivity (Wildman–Crippen MR) is 60.5 cm³/mol. The largest absolute Gasteiger partial charge is 0.481 e. The van der Waals surface area contributed by atoms with Gasteiger partial charge in [0.2, 0.25) is 0 Å². The van der Waals surface area contributed by atoms with E-state index in [9.17, 15) is 14.3 Å². The minimum atomic E-state index is -1.36. The Morgan fingerprint density at radius 2 is 2.06 bits per heavy atom. The lowest BCUT2D eigenvalue weighted by atomic mass is 9.83. The van der Waals surface area contributed by atoms with Crippen LogP contribution in [0.4, 0.5) is 4.39 Å². The molecule has 1 aromatic carbocycles. The molecule has 1 rings (SSSR count). The van der Waals surface area contributed by atoms with Crippen molar-refractivity contribution in [3.63, 3.8) is 0 Å². The molecule has 0 aliphatic carbocycles. The van der Waals surface area contributed by atoms with Gasteiger partial charge in [0.25, 0.3) is 0 Å². The zero-order valence-corrected chi connectivity index (χ0v) is 10.5. The first-order chi connectivity index (χ1) is 7.26. The number of carbonyl (C=O) groups is 1. The van der Waals surface area contributed by atoms with Gasteiger partial charge in [0, 0.05) is 0 Å². The number of benzene rings is 1. The molecule has 5 heteroatoms. The first-order valence-corrected chi connectivity index (χ1v) is 5.42. The number of aliphatic hydroxyl groups is 1. The third-order valence-electron chi connectivity index (χ3n) is 2.49. The third-order valence-corrected chi connectivity index (χ3v) is 3.14. The second-order valence-electron chi connectivity index (χ2n) is 4.10. The molecule has 0 saturated heterocycles. The van der Waals surface area contributed by atoms with Crippen LogP contribution in [0.2, 0.25) is 0 Å². The van der Waals surface area contributed by atoms with E-state index in [1.165, 1.54) is 26.0 Å². The van der Waals surface area contributed by atoms with Gasteiger partial charge in [-0.25, -0.2) is 4.39 Å². The number of rotatable bonds is 3. The van der Waals surface area contributed by atoms with Gasteiger partial charge in [-0.15, -0.1) is 0 Å². The molecule has 0 spiro atoms. The zero-order chi connectivity index (χ0) is 12.5. The Labute approximate surface area is 101 Å². The Hall–Kier alpha value is -0.940. The number of halogens is 2. The second-order valence-corrected chi connectivity index (χ2v) is 4.96. The summed E-state index contributed by atoms with van der Waals surface area (Å²) in [6.45, 7) is 2.78. The van der Waals surface area contributed by atoms with E-state index in [0.29, 0.717) is 0 Å². The lowest BCUT2D eigenvalue weighted by molar-refractivity contribution is -0.153. The maximum absolute atomic E-state index is 13.2. The molecule has 16 heavy (non-hydrogen) atoms. The van der Waals surface area contributed by atoms with Crippen LogP contribution in [-0.2, 0) is 4.79 Å². The van der Waals surface area contributed by atoms with E-state index in [-0.39, 0.29) is 10.0 Å².